The fourth-order valence-electron chi connectivity index (χ4n) is 5.24. The van der Waals surface area contributed by atoms with E-state index in [1.54, 1.807) is 0 Å². The molecule has 0 aliphatic carbocycles. The van der Waals surface area contributed by atoms with Crippen molar-refractivity contribution < 1.29 is 14.3 Å². The number of rotatable bonds is 12. The van der Waals surface area contributed by atoms with Crippen LogP contribution < -0.4 is 10.1 Å². The van der Waals surface area contributed by atoms with Crippen LogP contribution in [0.5, 0.6) is 5.75 Å². The highest BCUT2D eigenvalue weighted by atomic mass is 16.5. The summed E-state index contributed by atoms with van der Waals surface area (Å²) in [6.07, 6.45) is 0.802. The van der Waals surface area contributed by atoms with Gasteiger partial charge in [-0.25, -0.2) is 0 Å². The summed E-state index contributed by atoms with van der Waals surface area (Å²) in [5.74, 6) is 0.347. The third-order valence-electron chi connectivity index (χ3n) is 7.15. The number of ether oxygens (including phenoxy) is 2. The van der Waals surface area contributed by atoms with Gasteiger partial charge < -0.3 is 9.47 Å². The van der Waals surface area contributed by atoms with E-state index in [1.807, 2.05) is 97.9 Å². The molecule has 1 atom stereocenters. The van der Waals surface area contributed by atoms with Crippen molar-refractivity contribution in [3.8, 4) is 5.75 Å². The Morgan fingerprint density at radius 3 is 1.66 bits per heavy atom. The number of carbonyl (C=O) groups is 1. The third-order valence-corrected chi connectivity index (χ3v) is 7.15. The van der Waals surface area contributed by atoms with Crippen molar-refractivity contribution >= 4 is 5.97 Å². The lowest BCUT2D eigenvalue weighted by molar-refractivity contribution is -0.146. The van der Waals surface area contributed by atoms with Crippen LogP contribution in [0.4, 0.5) is 0 Å². The second kappa shape index (κ2) is 13.6. The smallest absolute Gasteiger partial charge is 0.326 e. The van der Waals surface area contributed by atoms with E-state index in [2.05, 4.69) is 59.9 Å². The molecule has 0 heterocycles. The summed E-state index contributed by atoms with van der Waals surface area (Å²) < 4.78 is 11.9. The number of hydrogen-bond donors (Lipinski definition) is 1. The molecule has 5 rings (SSSR count). The van der Waals surface area contributed by atoms with E-state index in [-0.39, 0.29) is 19.2 Å². The number of carbonyl (C=O) groups excluding carboxylic acids is 1. The van der Waals surface area contributed by atoms with E-state index in [9.17, 15) is 4.79 Å². The number of nitrogens with one attached hydrogen (secondary N) is 1. The molecule has 5 aromatic rings. The van der Waals surface area contributed by atoms with Crippen molar-refractivity contribution in [1.82, 2.24) is 5.32 Å². The summed E-state index contributed by atoms with van der Waals surface area (Å²) >= 11 is 0. The first-order valence-corrected chi connectivity index (χ1v) is 14.1. The van der Waals surface area contributed by atoms with Gasteiger partial charge in [-0.3, -0.25) is 10.1 Å². The molecule has 206 valence electrons. The van der Waals surface area contributed by atoms with E-state index in [4.69, 9.17) is 9.47 Å². The Kier molecular flexibility index (Phi) is 9.25. The first kappa shape index (κ1) is 27.9. The third kappa shape index (κ3) is 6.74. The molecule has 0 amide bonds. The Hall–Kier alpha value is -4.67. The van der Waals surface area contributed by atoms with E-state index < -0.39 is 11.6 Å². The molecule has 41 heavy (non-hydrogen) atoms. The molecular weight excluding hydrogens is 506 g/mol. The van der Waals surface area contributed by atoms with Crippen LogP contribution in [0.25, 0.3) is 0 Å². The lowest BCUT2D eigenvalue weighted by atomic mass is 9.76. The van der Waals surface area contributed by atoms with Gasteiger partial charge in [0.1, 0.15) is 18.4 Å². The molecule has 1 N–H and O–H groups in total. The van der Waals surface area contributed by atoms with Crippen LogP contribution in [-0.4, -0.2) is 25.2 Å². The van der Waals surface area contributed by atoms with Crippen molar-refractivity contribution in [2.45, 2.75) is 24.9 Å². The number of hydrogen-bond acceptors (Lipinski definition) is 4. The van der Waals surface area contributed by atoms with E-state index in [1.165, 1.54) is 5.56 Å². The molecule has 0 saturated carbocycles. The average molecular weight is 542 g/mol. The normalized spacial score (nSPS) is 11.9. The highest BCUT2D eigenvalue weighted by Crippen LogP contribution is 2.37. The van der Waals surface area contributed by atoms with E-state index in [0.717, 1.165) is 28.7 Å². The predicted octanol–water partition coefficient (Wildman–Crippen LogP) is 7.17. The van der Waals surface area contributed by atoms with Crippen molar-refractivity contribution in [3.63, 3.8) is 0 Å². The zero-order valence-electron chi connectivity index (χ0n) is 23.3. The molecule has 4 heteroatoms. The quantitative estimate of drug-likeness (QED) is 0.134. The minimum Gasteiger partial charge on any atom is -0.491 e. The van der Waals surface area contributed by atoms with Crippen molar-refractivity contribution in [2.75, 3.05) is 13.2 Å². The van der Waals surface area contributed by atoms with Crippen LogP contribution in [0.1, 0.15) is 34.7 Å². The molecule has 0 spiro atoms. The van der Waals surface area contributed by atoms with Gasteiger partial charge in [-0.15, -0.1) is 0 Å². The summed E-state index contributed by atoms with van der Waals surface area (Å²) in [5, 5.41) is 3.73. The zero-order chi connectivity index (χ0) is 28.3. The molecule has 0 aliphatic heterocycles. The molecular formula is C37H35NO3. The Bertz CT molecular complexity index is 1410. The van der Waals surface area contributed by atoms with Crippen molar-refractivity contribution in [3.05, 3.63) is 173 Å². The lowest BCUT2D eigenvalue weighted by Crippen LogP contribution is -2.55. The Morgan fingerprint density at radius 1 is 0.659 bits per heavy atom. The van der Waals surface area contributed by atoms with Gasteiger partial charge in [-0.05, 0) is 53.3 Å². The molecule has 5 aromatic carbocycles. The first-order chi connectivity index (χ1) is 20.2. The van der Waals surface area contributed by atoms with Crippen LogP contribution in [0.3, 0.4) is 0 Å². The van der Waals surface area contributed by atoms with Crippen LogP contribution in [0, 0.1) is 0 Å². The Morgan fingerprint density at radius 2 is 1.15 bits per heavy atom. The summed E-state index contributed by atoms with van der Waals surface area (Å²) in [4.78, 5) is 13.5. The van der Waals surface area contributed by atoms with Gasteiger partial charge in [0.2, 0.25) is 0 Å². The van der Waals surface area contributed by atoms with Gasteiger partial charge in [0.15, 0.2) is 0 Å². The maximum atomic E-state index is 13.5. The standard InChI is InChI=1S/C37H35NO3/c1-2-40-36(39)35(28-41-34-25-15-18-30(27-34)26-29-16-7-3-8-17-29)38-37(31-19-9-4-10-20-31,32-21-11-5-12-22-32)33-23-13-6-14-24-33/h3-25,27,35,38H,2,26,28H2,1H3. The van der Waals surface area contributed by atoms with Gasteiger partial charge in [0.05, 0.1) is 12.1 Å². The van der Waals surface area contributed by atoms with Crippen LogP contribution >= 0.6 is 0 Å². The van der Waals surface area contributed by atoms with E-state index >= 15 is 0 Å². The second-order valence-corrected chi connectivity index (χ2v) is 9.92. The largest absolute Gasteiger partial charge is 0.491 e. The summed E-state index contributed by atoms with van der Waals surface area (Å²) in [6, 6.07) is 48.3. The maximum Gasteiger partial charge on any atom is 0.326 e. The molecule has 4 nitrogen and oxygen atoms in total. The molecule has 0 bridgehead atoms. The van der Waals surface area contributed by atoms with Crippen LogP contribution in [0.15, 0.2) is 146 Å². The Labute approximate surface area is 242 Å². The SMILES string of the molecule is CCOC(=O)C(COc1cccc(Cc2ccccc2)c1)NC(c1ccccc1)(c1ccccc1)c1ccccc1. The molecule has 0 fully saturated rings. The fraction of sp³-hybridized carbons (Fsp3) is 0.162. The van der Waals surface area contributed by atoms with Gasteiger partial charge >= 0.3 is 5.97 Å². The van der Waals surface area contributed by atoms with Gasteiger partial charge in [0, 0.05) is 0 Å². The van der Waals surface area contributed by atoms with Crippen LogP contribution in [0.2, 0.25) is 0 Å². The van der Waals surface area contributed by atoms with Crippen molar-refractivity contribution in [2.24, 2.45) is 0 Å². The molecule has 0 aliphatic rings. The minimum atomic E-state index is -0.834. The van der Waals surface area contributed by atoms with Crippen molar-refractivity contribution in [1.29, 1.82) is 0 Å². The maximum absolute atomic E-state index is 13.5. The average Bonchev–Trinajstić information content (AvgIpc) is 3.03. The molecule has 1 unspecified atom stereocenters. The minimum absolute atomic E-state index is 0.0991. The van der Waals surface area contributed by atoms with Gasteiger partial charge in [-0.2, -0.15) is 0 Å². The topological polar surface area (TPSA) is 47.6 Å². The van der Waals surface area contributed by atoms with E-state index in [0.29, 0.717) is 5.75 Å². The first-order valence-electron chi connectivity index (χ1n) is 14.1. The molecule has 0 saturated heterocycles. The highest BCUT2D eigenvalue weighted by Gasteiger charge is 2.40. The zero-order valence-corrected chi connectivity index (χ0v) is 23.3. The highest BCUT2D eigenvalue weighted by molar-refractivity contribution is 5.76. The summed E-state index contributed by atoms with van der Waals surface area (Å²) in [5.41, 5.74) is 4.57. The number of esters is 1. The van der Waals surface area contributed by atoms with Gasteiger partial charge in [-0.1, -0.05) is 133 Å². The van der Waals surface area contributed by atoms with Crippen LogP contribution in [-0.2, 0) is 21.5 Å². The Balaban J connectivity index is 1.50. The molecule has 0 radical (unpaired) electrons. The lowest BCUT2D eigenvalue weighted by Gasteiger charge is -2.39. The fourth-order valence-corrected chi connectivity index (χ4v) is 5.24. The van der Waals surface area contributed by atoms with Gasteiger partial charge in [0.25, 0.3) is 0 Å². The monoisotopic (exact) mass is 541 g/mol. The summed E-state index contributed by atoms with van der Waals surface area (Å²) in [6.45, 7) is 2.20. The number of benzene rings is 5. The summed E-state index contributed by atoms with van der Waals surface area (Å²) in [7, 11) is 0. The predicted molar refractivity (Wildman–Crippen MR) is 164 cm³/mol. The second-order valence-electron chi connectivity index (χ2n) is 9.92. The molecule has 0 aromatic heterocycles.